The Morgan fingerprint density at radius 1 is 1.69 bits per heavy atom. The molecule has 4 heteroatoms. The second-order valence-corrected chi connectivity index (χ2v) is 4.51. The van der Waals surface area contributed by atoms with Crippen molar-refractivity contribution in [2.75, 3.05) is 4.43 Å². The van der Waals surface area contributed by atoms with Crippen molar-refractivity contribution in [3.63, 3.8) is 0 Å². The predicted molar refractivity (Wildman–Crippen MR) is 55.6 cm³/mol. The summed E-state index contributed by atoms with van der Waals surface area (Å²) < 4.78 is 5.87. The molecule has 2 rings (SSSR count). The molecule has 0 bridgehead atoms. The molecular formula is C9H11IO3. The highest BCUT2D eigenvalue weighted by Gasteiger charge is 2.59. The zero-order chi connectivity index (χ0) is 9.64. The zero-order valence-electron chi connectivity index (χ0n) is 7.12. The fourth-order valence-electron chi connectivity index (χ4n) is 2.20. The van der Waals surface area contributed by atoms with E-state index in [0.29, 0.717) is 0 Å². The predicted octanol–water partition coefficient (Wildman–Crippen LogP) is 1.04. The highest BCUT2D eigenvalue weighted by molar-refractivity contribution is 14.1. The summed E-state index contributed by atoms with van der Waals surface area (Å²) in [7, 11) is 0. The minimum Gasteiger partial charge on any atom is -0.455 e. The van der Waals surface area contributed by atoms with Gasteiger partial charge < -0.3 is 9.84 Å². The van der Waals surface area contributed by atoms with Crippen LogP contribution in [-0.4, -0.2) is 27.2 Å². The van der Waals surface area contributed by atoms with E-state index < -0.39 is 11.6 Å². The van der Waals surface area contributed by atoms with Crippen LogP contribution in [0.25, 0.3) is 0 Å². The summed E-state index contributed by atoms with van der Waals surface area (Å²) in [5.41, 5.74) is -0.824. The summed E-state index contributed by atoms with van der Waals surface area (Å²) in [6.07, 6.45) is 1.33. The van der Waals surface area contributed by atoms with Gasteiger partial charge in [-0.1, -0.05) is 29.2 Å². The summed E-state index contributed by atoms with van der Waals surface area (Å²) in [4.78, 5) is 11.2. The van der Waals surface area contributed by atoms with Gasteiger partial charge in [-0.2, -0.15) is 0 Å². The van der Waals surface area contributed by atoms with Crippen molar-refractivity contribution in [1.82, 2.24) is 0 Å². The fourth-order valence-corrected chi connectivity index (χ4v) is 3.32. The first kappa shape index (κ1) is 9.45. The van der Waals surface area contributed by atoms with Crippen molar-refractivity contribution < 1.29 is 14.6 Å². The second-order valence-electron chi connectivity index (χ2n) is 3.63. The third kappa shape index (κ3) is 1.08. The Hall–Kier alpha value is -0.100. The lowest BCUT2D eigenvalue weighted by atomic mass is 9.86. The third-order valence-electron chi connectivity index (χ3n) is 3.06. The van der Waals surface area contributed by atoms with Crippen LogP contribution in [0.1, 0.15) is 12.8 Å². The van der Waals surface area contributed by atoms with Crippen LogP contribution < -0.4 is 0 Å². The van der Waals surface area contributed by atoms with Crippen LogP contribution in [0.3, 0.4) is 0 Å². The number of alkyl halides is 1. The SMILES string of the molecule is C=C1C(=O)O[C@@H]2CC[C@H](CI)[C@]12O. The van der Waals surface area contributed by atoms with Gasteiger partial charge in [0.15, 0.2) is 0 Å². The fraction of sp³-hybridized carbons (Fsp3) is 0.667. The molecule has 0 aromatic rings. The maximum absolute atomic E-state index is 11.2. The largest absolute Gasteiger partial charge is 0.455 e. The Labute approximate surface area is 90.3 Å². The van der Waals surface area contributed by atoms with Crippen LogP contribution in [0.5, 0.6) is 0 Å². The van der Waals surface area contributed by atoms with Gasteiger partial charge in [0, 0.05) is 10.3 Å². The number of esters is 1. The number of hydrogen-bond donors (Lipinski definition) is 1. The molecule has 1 saturated carbocycles. The minimum absolute atomic E-state index is 0.122. The molecule has 13 heavy (non-hydrogen) atoms. The number of rotatable bonds is 1. The highest BCUT2D eigenvalue weighted by atomic mass is 127. The first-order chi connectivity index (χ1) is 6.10. The lowest BCUT2D eigenvalue weighted by Crippen LogP contribution is -2.41. The first-order valence-corrected chi connectivity index (χ1v) is 5.82. The monoisotopic (exact) mass is 294 g/mol. The Morgan fingerprint density at radius 2 is 2.38 bits per heavy atom. The number of ether oxygens (including phenoxy) is 1. The maximum atomic E-state index is 11.2. The number of halogens is 1. The lowest BCUT2D eigenvalue weighted by molar-refractivity contribution is -0.140. The van der Waals surface area contributed by atoms with Gasteiger partial charge in [-0.3, -0.25) is 0 Å². The summed E-state index contributed by atoms with van der Waals surface area (Å²) in [5.74, 6) is -0.306. The Bertz CT molecular complexity index is 276. The molecule has 72 valence electrons. The average molecular weight is 294 g/mol. The standard InChI is InChI=1S/C9H11IO3/c1-5-8(11)13-7-3-2-6(4-10)9(5,7)12/h6-7,12H,1-4H2/t6-,7-,9-/m1/s1. The summed E-state index contributed by atoms with van der Waals surface area (Å²) in [6.45, 7) is 3.62. The normalized spacial score (nSPS) is 43.5. The van der Waals surface area contributed by atoms with E-state index in [9.17, 15) is 9.90 Å². The van der Waals surface area contributed by atoms with E-state index >= 15 is 0 Å². The van der Waals surface area contributed by atoms with Gasteiger partial charge >= 0.3 is 5.97 Å². The van der Waals surface area contributed by atoms with E-state index in [4.69, 9.17) is 4.74 Å². The van der Waals surface area contributed by atoms with E-state index in [1.807, 2.05) is 0 Å². The van der Waals surface area contributed by atoms with Crippen molar-refractivity contribution in [3.8, 4) is 0 Å². The maximum Gasteiger partial charge on any atom is 0.336 e. The number of carbonyl (C=O) groups excluding carboxylic acids is 1. The van der Waals surface area contributed by atoms with Crippen LogP contribution in [0.2, 0.25) is 0 Å². The molecule has 1 aliphatic carbocycles. The molecule has 0 aromatic heterocycles. The van der Waals surface area contributed by atoms with Crippen molar-refractivity contribution in [3.05, 3.63) is 12.2 Å². The highest BCUT2D eigenvalue weighted by Crippen LogP contribution is 2.47. The average Bonchev–Trinajstić information content (AvgIpc) is 2.52. The molecule has 0 radical (unpaired) electrons. The van der Waals surface area contributed by atoms with Gasteiger partial charge in [0.05, 0.1) is 5.57 Å². The van der Waals surface area contributed by atoms with Crippen molar-refractivity contribution in [2.24, 2.45) is 5.92 Å². The van der Waals surface area contributed by atoms with E-state index in [-0.39, 0.29) is 17.6 Å². The van der Waals surface area contributed by atoms with Gasteiger partial charge in [-0.05, 0) is 12.8 Å². The molecule has 1 heterocycles. The molecule has 0 amide bonds. The van der Waals surface area contributed by atoms with E-state index in [1.54, 1.807) is 0 Å². The van der Waals surface area contributed by atoms with Gasteiger partial charge in [0.2, 0.25) is 0 Å². The van der Waals surface area contributed by atoms with Gasteiger partial charge in [-0.15, -0.1) is 0 Å². The van der Waals surface area contributed by atoms with Crippen molar-refractivity contribution >= 4 is 28.6 Å². The third-order valence-corrected chi connectivity index (χ3v) is 4.12. The summed E-state index contributed by atoms with van der Waals surface area (Å²) in [5, 5.41) is 10.3. The van der Waals surface area contributed by atoms with Crippen LogP contribution in [-0.2, 0) is 9.53 Å². The molecule has 0 unspecified atom stereocenters. The Balaban J connectivity index is 2.36. The number of aliphatic hydroxyl groups is 1. The van der Waals surface area contributed by atoms with E-state index in [2.05, 4.69) is 29.2 Å². The number of carbonyl (C=O) groups is 1. The first-order valence-electron chi connectivity index (χ1n) is 4.29. The van der Waals surface area contributed by atoms with Crippen LogP contribution in [0, 0.1) is 5.92 Å². The van der Waals surface area contributed by atoms with Crippen molar-refractivity contribution in [2.45, 2.75) is 24.5 Å². The molecule has 0 aromatic carbocycles. The van der Waals surface area contributed by atoms with E-state index in [1.165, 1.54) is 0 Å². The Kier molecular flexibility index (Phi) is 2.14. The molecular weight excluding hydrogens is 283 g/mol. The Morgan fingerprint density at radius 3 is 3.00 bits per heavy atom. The second kappa shape index (κ2) is 2.95. The van der Waals surface area contributed by atoms with Gasteiger partial charge in [-0.25, -0.2) is 4.79 Å². The molecule has 1 N–H and O–H groups in total. The minimum atomic E-state index is -1.07. The lowest BCUT2D eigenvalue weighted by Gasteiger charge is -2.26. The zero-order valence-corrected chi connectivity index (χ0v) is 9.28. The van der Waals surface area contributed by atoms with Crippen LogP contribution in [0.15, 0.2) is 12.2 Å². The molecule has 1 saturated heterocycles. The summed E-state index contributed by atoms with van der Waals surface area (Å²) in [6, 6.07) is 0. The topological polar surface area (TPSA) is 46.5 Å². The van der Waals surface area contributed by atoms with Gasteiger partial charge in [0.25, 0.3) is 0 Å². The van der Waals surface area contributed by atoms with Crippen LogP contribution >= 0.6 is 22.6 Å². The quantitative estimate of drug-likeness (QED) is 0.340. The number of fused-ring (bicyclic) bond motifs is 1. The molecule has 2 fully saturated rings. The molecule has 3 atom stereocenters. The summed E-state index contributed by atoms with van der Waals surface area (Å²) >= 11 is 2.22. The molecule has 3 nitrogen and oxygen atoms in total. The molecule has 1 aliphatic heterocycles. The molecule has 0 spiro atoms. The smallest absolute Gasteiger partial charge is 0.336 e. The van der Waals surface area contributed by atoms with Crippen LogP contribution in [0.4, 0.5) is 0 Å². The van der Waals surface area contributed by atoms with E-state index in [0.717, 1.165) is 17.3 Å². The van der Waals surface area contributed by atoms with Gasteiger partial charge in [0.1, 0.15) is 11.7 Å². The molecule has 2 aliphatic rings. The number of hydrogen-bond acceptors (Lipinski definition) is 3. The van der Waals surface area contributed by atoms with Crippen molar-refractivity contribution in [1.29, 1.82) is 0 Å².